The van der Waals surface area contributed by atoms with Crippen LogP contribution in [0, 0.1) is 13.7 Å². The zero-order valence-electron chi connectivity index (χ0n) is 5.45. The second kappa shape index (κ2) is 3.51. The van der Waals surface area contributed by atoms with E-state index in [9.17, 15) is 10.1 Å². The third-order valence-electron chi connectivity index (χ3n) is 1.05. The van der Waals surface area contributed by atoms with Crippen molar-refractivity contribution in [3.05, 3.63) is 37.9 Å². The second-order valence-corrected chi connectivity index (χ2v) is 3.12. The van der Waals surface area contributed by atoms with Crippen LogP contribution in [0.25, 0.3) is 0 Å². The molecule has 1 rings (SSSR count). The summed E-state index contributed by atoms with van der Waals surface area (Å²) in [6.07, 6.45) is 0. The van der Waals surface area contributed by atoms with Crippen LogP contribution in [0.4, 0.5) is 5.69 Å². The average molecular weight is 264 g/mol. The maximum atomic E-state index is 9.97. The standard InChI is InChI=1S/C6H5IN2O2/c7-5-2-1-3-6(4-5)8-9(10)11/h1-4,8H. The molecule has 1 N–H and O–H groups in total. The molecule has 5 heteroatoms. The molecule has 11 heavy (non-hydrogen) atoms. The molecule has 1 aromatic carbocycles. The van der Waals surface area contributed by atoms with Crippen molar-refractivity contribution in [1.29, 1.82) is 0 Å². The molecule has 0 aliphatic carbocycles. The molecule has 0 heterocycles. The lowest BCUT2D eigenvalue weighted by Crippen LogP contribution is -2.07. The largest absolute Gasteiger partial charge is 0.235 e. The van der Waals surface area contributed by atoms with Crippen molar-refractivity contribution in [3.63, 3.8) is 0 Å². The van der Waals surface area contributed by atoms with Crippen molar-refractivity contribution in [2.24, 2.45) is 0 Å². The van der Waals surface area contributed by atoms with Gasteiger partial charge >= 0.3 is 0 Å². The highest BCUT2D eigenvalue weighted by Gasteiger charge is 1.97. The van der Waals surface area contributed by atoms with Crippen molar-refractivity contribution in [1.82, 2.24) is 0 Å². The molecule has 0 bridgehead atoms. The van der Waals surface area contributed by atoms with E-state index in [0.29, 0.717) is 5.69 Å². The van der Waals surface area contributed by atoms with Gasteiger partial charge in [0.25, 0.3) is 0 Å². The molecule has 0 unspecified atom stereocenters. The quantitative estimate of drug-likeness (QED) is 0.504. The molecule has 0 spiro atoms. The lowest BCUT2D eigenvalue weighted by Gasteiger charge is -1.95. The zero-order valence-corrected chi connectivity index (χ0v) is 7.61. The minimum atomic E-state index is -0.578. The van der Waals surface area contributed by atoms with Gasteiger partial charge in [0.05, 0.1) is 0 Å². The lowest BCUT2D eigenvalue weighted by atomic mass is 10.3. The van der Waals surface area contributed by atoms with Gasteiger partial charge in [0, 0.05) is 3.57 Å². The van der Waals surface area contributed by atoms with Gasteiger partial charge in [-0.2, -0.15) is 0 Å². The Labute approximate surface area is 76.9 Å². The fraction of sp³-hybridized carbons (Fsp3) is 0. The van der Waals surface area contributed by atoms with Crippen molar-refractivity contribution in [2.75, 3.05) is 5.43 Å². The van der Waals surface area contributed by atoms with Gasteiger partial charge in [-0.3, -0.25) is 0 Å². The highest BCUT2D eigenvalue weighted by atomic mass is 127. The number of anilines is 1. The molecule has 0 saturated carbocycles. The predicted molar refractivity (Wildman–Crippen MR) is 49.8 cm³/mol. The monoisotopic (exact) mass is 264 g/mol. The Bertz CT molecular complexity index is 277. The topological polar surface area (TPSA) is 55.2 Å². The summed E-state index contributed by atoms with van der Waals surface area (Å²) in [5.41, 5.74) is 2.56. The molecule has 0 aromatic heterocycles. The minimum Gasteiger partial charge on any atom is -0.235 e. The summed E-state index contributed by atoms with van der Waals surface area (Å²) in [6, 6.07) is 6.97. The first-order chi connectivity index (χ1) is 5.18. The Morgan fingerprint density at radius 1 is 1.55 bits per heavy atom. The molecular formula is C6H5IN2O2. The molecule has 0 radical (unpaired) electrons. The smallest absolute Gasteiger partial charge is 0.162 e. The first kappa shape index (κ1) is 8.25. The Kier molecular flexibility index (Phi) is 2.64. The number of hydrogen-bond donors (Lipinski definition) is 1. The summed E-state index contributed by atoms with van der Waals surface area (Å²) < 4.78 is 0.967. The fourth-order valence-corrected chi connectivity index (χ4v) is 1.21. The number of halogens is 1. The summed E-state index contributed by atoms with van der Waals surface area (Å²) in [5, 5.41) is 9.39. The van der Waals surface area contributed by atoms with E-state index in [1.165, 1.54) is 0 Å². The van der Waals surface area contributed by atoms with E-state index in [0.717, 1.165) is 3.57 Å². The van der Waals surface area contributed by atoms with Crippen LogP contribution in [-0.4, -0.2) is 5.03 Å². The molecule has 4 nitrogen and oxygen atoms in total. The third kappa shape index (κ3) is 2.71. The van der Waals surface area contributed by atoms with Crippen LogP contribution in [0.15, 0.2) is 24.3 Å². The molecule has 0 amide bonds. The highest BCUT2D eigenvalue weighted by molar-refractivity contribution is 14.1. The van der Waals surface area contributed by atoms with Crippen LogP contribution in [0.5, 0.6) is 0 Å². The fourth-order valence-electron chi connectivity index (χ4n) is 0.663. The Morgan fingerprint density at radius 3 is 2.82 bits per heavy atom. The van der Waals surface area contributed by atoms with E-state index in [4.69, 9.17) is 0 Å². The predicted octanol–water partition coefficient (Wildman–Crippen LogP) is 1.89. The Balaban J connectivity index is 2.79. The van der Waals surface area contributed by atoms with Gasteiger partial charge in [-0.15, -0.1) is 5.43 Å². The van der Waals surface area contributed by atoms with Crippen molar-refractivity contribution < 1.29 is 5.03 Å². The maximum Gasteiger partial charge on any atom is 0.162 e. The van der Waals surface area contributed by atoms with E-state index >= 15 is 0 Å². The number of hydrogen-bond acceptors (Lipinski definition) is 2. The number of hydrazine groups is 1. The first-order valence-electron chi connectivity index (χ1n) is 2.85. The summed E-state index contributed by atoms with van der Waals surface area (Å²) in [5.74, 6) is 0. The van der Waals surface area contributed by atoms with Gasteiger partial charge in [-0.1, -0.05) is 6.07 Å². The number of nitrogens with one attached hydrogen (secondary N) is 1. The van der Waals surface area contributed by atoms with E-state index in [2.05, 4.69) is 28.0 Å². The molecular weight excluding hydrogens is 259 g/mol. The number of benzene rings is 1. The first-order valence-corrected chi connectivity index (χ1v) is 3.93. The lowest BCUT2D eigenvalue weighted by molar-refractivity contribution is -0.445. The molecule has 0 aliphatic heterocycles. The van der Waals surface area contributed by atoms with Gasteiger partial charge in [0.2, 0.25) is 0 Å². The summed E-state index contributed by atoms with van der Waals surface area (Å²) in [6.45, 7) is 0. The van der Waals surface area contributed by atoms with Crippen molar-refractivity contribution >= 4 is 28.3 Å². The van der Waals surface area contributed by atoms with Crippen LogP contribution in [0.3, 0.4) is 0 Å². The molecule has 0 saturated heterocycles. The maximum absolute atomic E-state index is 9.97. The molecule has 0 aliphatic rings. The number of nitrogens with zero attached hydrogens (tertiary/aromatic N) is 1. The van der Waals surface area contributed by atoms with E-state index in [-0.39, 0.29) is 0 Å². The van der Waals surface area contributed by atoms with E-state index < -0.39 is 5.03 Å². The molecule has 0 fully saturated rings. The van der Waals surface area contributed by atoms with E-state index in [1.54, 1.807) is 18.2 Å². The van der Waals surface area contributed by atoms with Crippen LogP contribution < -0.4 is 5.43 Å². The number of rotatable bonds is 2. The van der Waals surface area contributed by atoms with E-state index in [1.807, 2.05) is 6.07 Å². The molecule has 0 atom stereocenters. The van der Waals surface area contributed by atoms with Gasteiger partial charge in [0.1, 0.15) is 5.69 Å². The van der Waals surface area contributed by atoms with Crippen LogP contribution in [0.1, 0.15) is 0 Å². The Hall–Kier alpha value is -0.850. The summed E-state index contributed by atoms with van der Waals surface area (Å²) in [4.78, 5) is 9.97. The van der Waals surface area contributed by atoms with Crippen molar-refractivity contribution in [3.8, 4) is 0 Å². The highest BCUT2D eigenvalue weighted by Crippen LogP contribution is 2.11. The SMILES string of the molecule is O=[N+]([O-])Nc1cccc(I)c1. The van der Waals surface area contributed by atoms with Gasteiger partial charge < -0.3 is 0 Å². The van der Waals surface area contributed by atoms with Crippen LogP contribution in [0.2, 0.25) is 0 Å². The van der Waals surface area contributed by atoms with Crippen LogP contribution >= 0.6 is 22.6 Å². The van der Waals surface area contributed by atoms with Gasteiger partial charge in [-0.05, 0) is 40.8 Å². The van der Waals surface area contributed by atoms with Crippen molar-refractivity contribution in [2.45, 2.75) is 0 Å². The average Bonchev–Trinajstić information content (AvgIpc) is 1.85. The molecule has 58 valence electrons. The third-order valence-corrected chi connectivity index (χ3v) is 1.72. The second-order valence-electron chi connectivity index (χ2n) is 1.88. The Morgan fingerprint density at radius 2 is 2.27 bits per heavy atom. The van der Waals surface area contributed by atoms with Gasteiger partial charge in [-0.25, -0.2) is 10.1 Å². The molecule has 1 aromatic rings. The summed E-state index contributed by atoms with van der Waals surface area (Å²) >= 11 is 2.09. The summed E-state index contributed by atoms with van der Waals surface area (Å²) in [7, 11) is 0. The minimum absolute atomic E-state index is 0.502. The normalized spacial score (nSPS) is 9.18. The van der Waals surface area contributed by atoms with Gasteiger partial charge in [0.15, 0.2) is 5.03 Å². The zero-order chi connectivity index (χ0) is 8.27. The number of nitro groups is 1. The van der Waals surface area contributed by atoms with Crippen LogP contribution in [-0.2, 0) is 0 Å².